The number of aromatic nitrogens is 4. The van der Waals surface area contributed by atoms with E-state index in [1.165, 1.54) is 5.56 Å². The topological polar surface area (TPSA) is 80.9 Å². The van der Waals surface area contributed by atoms with E-state index in [1.807, 2.05) is 30.3 Å². The number of benzene rings is 1. The van der Waals surface area contributed by atoms with Crippen LogP contribution in [0.4, 0.5) is 0 Å². The van der Waals surface area contributed by atoms with Crippen molar-refractivity contribution in [2.75, 3.05) is 0 Å². The molecule has 6 heteroatoms. The smallest absolute Gasteiger partial charge is 0.290 e. The first kappa shape index (κ1) is 10.8. The van der Waals surface area contributed by atoms with Gasteiger partial charge in [-0.1, -0.05) is 30.3 Å². The quantitative estimate of drug-likeness (QED) is 0.720. The summed E-state index contributed by atoms with van der Waals surface area (Å²) in [5.41, 5.74) is 1.20. The van der Waals surface area contributed by atoms with Crippen molar-refractivity contribution in [1.82, 2.24) is 20.2 Å². The Balaban J connectivity index is 0.000000337. The van der Waals surface area contributed by atoms with Crippen molar-refractivity contribution < 1.29 is 9.90 Å². The lowest BCUT2D eigenvalue weighted by atomic mass is 10.2. The van der Waals surface area contributed by atoms with Crippen LogP contribution in [0.25, 0.3) is 0 Å². The van der Waals surface area contributed by atoms with Crippen LogP contribution in [0.2, 0.25) is 0 Å². The van der Waals surface area contributed by atoms with E-state index in [1.54, 1.807) is 11.0 Å². The molecule has 0 saturated heterocycles. The molecule has 0 aliphatic carbocycles. The molecule has 0 aliphatic heterocycles. The van der Waals surface area contributed by atoms with Gasteiger partial charge in [-0.25, -0.2) is 4.68 Å². The molecule has 0 atom stereocenters. The van der Waals surface area contributed by atoms with Crippen molar-refractivity contribution in [2.45, 2.75) is 6.54 Å². The molecule has 2 aromatic rings. The molecule has 0 aliphatic rings. The molecule has 0 bridgehead atoms. The summed E-state index contributed by atoms with van der Waals surface area (Å²) in [4.78, 5) is 8.36. The van der Waals surface area contributed by atoms with Crippen LogP contribution < -0.4 is 0 Å². The predicted octanol–water partition coefficient (Wildman–Crippen LogP) is 0.422. The van der Waals surface area contributed by atoms with Crippen molar-refractivity contribution in [3.63, 3.8) is 0 Å². The number of carbonyl (C=O) groups is 1. The summed E-state index contributed by atoms with van der Waals surface area (Å²) in [6, 6.07) is 10.1. The largest absolute Gasteiger partial charge is 0.483 e. The predicted molar refractivity (Wildman–Crippen MR) is 52.1 cm³/mol. The normalized spacial score (nSPS) is 8.80. The monoisotopic (exact) mass is 206 g/mol. The second kappa shape index (κ2) is 6.25. The van der Waals surface area contributed by atoms with Crippen LogP contribution in [0.3, 0.4) is 0 Å². The van der Waals surface area contributed by atoms with E-state index in [2.05, 4.69) is 15.5 Å². The number of hydrogen-bond acceptors (Lipinski definition) is 4. The third-order valence-corrected chi connectivity index (χ3v) is 1.58. The Hall–Kier alpha value is -2.24. The highest BCUT2D eigenvalue weighted by Gasteiger charge is 1.93. The molecule has 0 radical (unpaired) electrons. The highest BCUT2D eigenvalue weighted by atomic mass is 16.3. The number of hydrogen-bond donors (Lipinski definition) is 1. The minimum atomic E-state index is -0.250. The number of rotatable bonds is 2. The zero-order chi connectivity index (χ0) is 10.9. The Bertz CT molecular complexity index is 374. The fourth-order valence-electron chi connectivity index (χ4n) is 1.02. The first-order valence-electron chi connectivity index (χ1n) is 4.19. The molecule has 1 aromatic heterocycles. The molecule has 1 heterocycles. The van der Waals surface area contributed by atoms with Crippen molar-refractivity contribution >= 4 is 6.47 Å². The molecule has 1 N–H and O–H groups in total. The van der Waals surface area contributed by atoms with Gasteiger partial charge in [0.15, 0.2) is 0 Å². The summed E-state index contributed by atoms with van der Waals surface area (Å²) >= 11 is 0. The molecule has 0 fully saturated rings. The number of tetrazole rings is 1. The van der Waals surface area contributed by atoms with Gasteiger partial charge in [-0.15, -0.1) is 5.10 Å². The Morgan fingerprint density at radius 2 is 2.00 bits per heavy atom. The van der Waals surface area contributed by atoms with Crippen molar-refractivity contribution in [3.8, 4) is 0 Å². The summed E-state index contributed by atoms with van der Waals surface area (Å²) < 4.78 is 1.69. The maximum Gasteiger partial charge on any atom is 0.290 e. The summed E-state index contributed by atoms with van der Waals surface area (Å²) in [5.74, 6) is 0. The van der Waals surface area contributed by atoms with Crippen LogP contribution in [-0.4, -0.2) is 31.8 Å². The van der Waals surface area contributed by atoms with E-state index >= 15 is 0 Å². The summed E-state index contributed by atoms with van der Waals surface area (Å²) in [6.45, 7) is 0.480. The zero-order valence-electron chi connectivity index (χ0n) is 7.89. The van der Waals surface area contributed by atoms with Crippen LogP contribution in [0.15, 0.2) is 36.7 Å². The first-order chi connectivity index (χ1) is 7.36. The van der Waals surface area contributed by atoms with E-state index in [4.69, 9.17) is 9.90 Å². The summed E-state index contributed by atoms with van der Waals surface area (Å²) in [5, 5.41) is 17.8. The second-order valence-electron chi connectivity index (χ2n) is 2.60. The van der Waals surface area contributed by atoms with Crippen LogP contribution in [0, 0.1) is 0 Å². The Morgan fingerprint density at radius 3 is 2.53 bits per heavy atom. The molecule has 0 unspecified atom stereocenters. The molecular formula is C9H10N4O2. The molecular weight excluding hydrogens is 196 g/mol. The molecule has 0 spiro atoms. The molecule has 1 aromatic carbocycles. The van der Waals surface area contributed by atoms with Gasteiger partial charge in [0, 0.05) is 0 Å². The van der Waals surface area contributed by atoms with Gasteiger partial charge < -0.3 is 5.11 Å². The van der Waals surface area contributed by atoms with E-state index in [0.29, 0.717) is 0 Å². The highest BCUT2D eigenvalue weighted by Crippen LogP contribution is 1.99. The first-order valence-corrected chi connectivity index (χ1v) is 4.19. The van der Waals surface area contributed by atoms with E-state index in [9.17, 15) is 0 Å². The fraction of sp³-hybridized carbons (Fsp3) is 0.111. The lowest BCUT2D eigenvalue weighted by Gasteiger charge is -1.97. The third kappa shape index (κ3) is 3.99. The van der Waals surface area contributed by atoms with Gasteiger partial charge in [-0.05, 0) is 16.0 Å². The standard InChI is InChI=1S/C8H8N4.CH2O2/c1-2-4-8(5-3-1)6-12-7-9-10-11-12;2-1-3/h1-5,7H,6H2;1H,(H,2,3). The number of nitrogens with zero attached hydrogens (tertiary/aromatic N) is 4. The average Bonchev–Trinajstić information content (AvgIpc) is 2.73. The van der Waals surface area contributed by atoms with Crippen molar-refractivity contribution in [1.29, 1.82) is 0 Å². The molecule has 15 heavy (non-hydrogen) atoms. The molecule has 6 nitrogen and oxygen atoms in total. The SMILES string of the molecule is O=CO.c1ccc(Cn2cnnn2)cc1. The van der Waals surface area contributed by atoms with Gasteiger partial charge in [-0.3, -0.25) is 4.79 Å². The van der Waals surface area contributed by atoms with Gasteiger partial charge in [-0.2, -0.15) is 0 Å². The summed E-state index contributed by atoms with van der Waals surface area (Å²) in [6.07, 6.45) is 1.60. The minimum absolute atomic E-state index is 0.250. The van der Waals surface area contributed by atoms with Crippen molar-refractivity contribution in [2.24, 2.45) is 0 Å². The van der Waals surface area contributed by atoms with Crippen LogP contribution in [-0.2, 0) is 11.3 Å². The Kier molecular flexibility index (Phi) is 4.52. The van der Waals surface area contributed by atoms with Crippen LogP contribution in [0.5, 0.6) is 0 Å². The second-order valence-corrected chi connectivity index (χ2v) is 2.60. The molecule has 0 amide bonds. The van der Waals surface area contributed by atoms with Gasteiger partial charge >= 0.3 is 0 Å². The van der Waals surface area contributed by atoms with Gasteiger partial charge in [0.2, 0.25) is 0 Å². The van der Waals surface area contributed by atoms with Gasteiger partial charge in [0.05, 0.1) is 6.54 Å². The Labute approximate surface area is 86.2 Å². The highest BCUT2D eigenvalue weighted by molar-refractivity contribution is 5.32. The van der Waals surface area contributed by atoms with Gasteiger partial charge in [0.25, 0.3) is 6.47 Å². The third-order valence-electron chi connectivity index (χ3n) is 1.58. The van der Waals surface area contributed by atoms with Crippen LogP contribution >= 0.6 is 0 Å². The maximum absolute atomic E-state index is 8.36. The number of carboxylic acid groups (broad SMARTS) is 1. The fourth-order valence-corrected chi connectivity index (χ4v) is 1.02. The zero-order valence-corrected chi connectivity index (χ0v) is 7.89. The minimum Gasteiger partial charge on any atom is -0.483 e. The maximum atomic E-state index is 8.36. The Morgan fingerprint density at radius 1 is 1.33 bits per heavy atom. The molecule has 2 rings (SSSR count). The van der Waals surface area contributed by atoms with Gasteiger partial charge in [0.1, 0.15) is 6.33 Å². The van der Waals surface area contributed by atoms with Crippen LogP contribution in [0.1, 0.15) is 5.56 Å². The molecule has 0 saturated carbocycles. The average molecular weight is 206 g/mol. The van der Waals surface area contributed by atoms with E-state index < -0.39 is 0 Å². The van der Waals surface area contributed by atoms with Crippen molar-refractivity contribution in [3.05, 3.63) is 42.2 Å². The lowest BCUT2D eigenvalue weighted by molar-refractivity contribution is -0.122. The lowest BCUT2D eigenvalue weighted by Crippen LogP contribution is -1.99. The van der Waals surface area contributed by atoms with E-state index in [0.717, 1.165) is 6.54 Å². The molecule has 78 valence electrons. The summed E-state index contributed by atoms with van der Waals surface area (Å²) in [7, 11) is 0. The van der Waals surface area contributed by atoms with E-state index in [-0.39, 0.29) is 6.47 Å².